The number of hydrogen-bond acceptors (Lipinski definition) is 4. The number of primary amides is 1. The van der Waals surface area contributed by atoms with Gasteiger partial charge in [0.1, 0.15) is 5.56 Å². The average Bonchev–Trinajstić information content (AvgIpc) is 3.53. The summed E-state index contributed by atoms with van der Waals surface area (Å²) < 4.78 is 6.46. The Morgan fingerprint density at radius 2 is 1.93 bits per heavy atom. The van der Waals surface area contributed by atoms with Gasteiger partial charge in [0.2, 0.25) is 5.91 Å². The van der Waals surface area contributed by atoms with Gasteiger partial charge < -0.3 is 20.4 Å². The van der Waals surface area contributed by atoms with Crippen LogP contribution in [0.4, 0.5) is 0 Å². The molecule has 3 N–H and O–H groups in total. The summed E-state index contributed by atoms with van der Waals surface area (Å²) in [5.41, 5.74) is 5.67. The van der Waals surface area contributed by atoms with E-state index in [1.54, 1.807) is 0 Å². The van der Waals surface area contributed by atoms with Gasteiger partial charge in [-0.15, -0.1) is 0 Å². The maximum absolute atomic E-state index is 12.3. The molecule has 28 heavy (non-hydrogen) atoms. The highest BCUT2D eigenvalue weighted by molar-refractivity contribution is 5.98. The summed E-state index contributed by atoms with van der Waals surface area (Å²) in [6, 6.07) is 10.5. The number of amides is 2. The van der Waals surface area contributed by atoms with Crippen molar-refractivity contribution in [3.63, 3.8) is 0 Å². The molecule has 2 aromatic rings. The first kappa shape index (κ1) is 21.4. The first-order chi connectivity index (χ1) is 13.5. The monoisotopic (exact) mass is 385 g/mol. The Balaban J connectivity index is 0.000000336. The summed E-state index contributed by atoms with van der Waals surface area (Å²) in [5, 5.41) is 2.37. The summed E-state index contributed by atoms with van der Waals surface area (Å²) in [6.45, 7) is 4.19. The number of nitrogens with zero attached hydrogens (tertiary/aromatic N) is 1. The highest BCUT2D eigenvalue weighted by atomic mass is 16.5. The fourth-order valence-corrected chi connectivity index (χ4v) is 2.53. The third-order valence-electron chi connectivity index (χ3n) is 4.29. The van der Waals surface area contributed by atoms with Crippen LogP contribution in [0.25, 0.3) is 0 Å². The van der Waals surface area contributed by atoms with Crippen molar-refractivity contribution in [3.8, 4) is 0 Å². The molecule has 1 fully saturated rings. The van der Waals surface area contributed by atoms with Crippen molar-refractivity contribution in [1.29, 1.82) is 0 Å². The Morgan fingerprint density at radius 1 is 1.25 bits per heavy atom. The minimum Gasteiger partial charge on any atom is -0.381 e. The van der Waals surface area contributed by atoms with Gasteiger partial charge in [0.15, 0.2) is 0 Å². The number of nitrogens with one attached hydrogen (secondary N) is 1. The highest BCUT2D eigenvalue weighted by Crippen LogP contribution is 2.28. The molecule has 0 spiro atoms. The molecule has 7 heteroatoms. The SMILES string of the molecule is CCOCC1CC1.CNC(=O)c1cc(C(N)=O)cn(Cc2ccccc2)c1=O. The Hall–Kier alpha value is -2.93. The molecule has 0 atom stereocenters. The van der Waals surface area contributed by atoms with Gasteiger partial charge in [-0.3, -0.25) is 14.4 Å². The maximum Gasteiger partial charge on any atom is 0.263 e. The van der Waals surface area contributed by atoms with E-state index in [0.717, 1.165) is 24.7 Å². The van der Waals surface area contributed by atoms with E-state index in [1.165, 1.54) is 36.7 Å². The number of aromatic nitrogens is 1. The number of pyridine rings is 1. The molecular formula is C21H27N3O4. The molecule has 7 nitrogen and oxygen atoms in total. The number of hydrogen-bond donors (Lipinski definition) is 2. The number of carbonyl (C=O) groups is 2. The summed E-state index contributed by atoms with van der Waals surface area (Å²) in [6.07, 6.45) is 4.17. The van der Waals surface area contributed by atoms with E-state index in [-0.39, 0.29) is 17.7 Å². The Bertz CT molecular complexity index is 858. The standard InChI is InChI=1S/C15H15N3O3.C6H12O/c1-17-14(20)12-7-11(13(16)19)9-18(15(12)21)8-10-5-3-2-4-6-10;1-2-7-5-6-3-4-6/h2-7,9H,8H2,1H3,(H2,16,19)(H,17,20);6H,2-5H2,1H3. The van der Waals surface area contributed by atoms with Gasteiger partial charge in [-0.05, 0) is 37.3 Å². The van der Waals surface area contributed by atoms with Gasteiger partial charge in [-0.25, -0.2) is 0 Å². The van der Waals surface area contributed by atoms with E-state index in [4.69, 9.17) is 10.5 Å². The smallest absolute Gasteiger partial charge is 0.263 e. The zero-order chi connectivity index (χ0) is 20.5. The van der Waals surface area contributed by atoms with Crippen LogP contribution in [-0.2, 0) is 11.3 Å². The van der Waals surface area contributed by atoms with Crippen LogP contribution in [0.15, 0.2) is 47.4 Å². The Kier molecular flexibility index (Phi) is 7.95. The molecule has 0 radical (unpaired) electrons. The summed E-state index contributed by atoms with van der Waals surface area (Å²) in [5.74, 6) is -0.313. The molecule has 0 aliphatic heterocycles. The van der Waals surface area contributed by atoms with Gasteiger partial charge in [-0.1, -0.05) is 30.3 Å². The number of rotatable bonds is 7. The highest BCUT2D eigenvalue weighted by Gasteiger charge is 2.20. The molecule has 1 aromatic heterocycles. The van der Waals surface area contributed by atoms with Crippen LogP contribution in [0.2, 0.25) is 0 Å². The number of benzene rings is 1. The molecule has 1 aromatic carbocycles. The zero-order valence-electron chi connectivity index (χ0n) is 16.3. The molecule has 2 amide bonds. The third kappa shape index (κ3) is 6.35. The number of ether oxygens (including phenoxy) is 1. The molecule has 1 heterocycles. The fraction of sp³-hybridized carbons (Fsp3) is 0.381. The molecule has 1 aliphatic carbocycles. The number of nitrogens with two attached hydrogens (primary N) is 1. The zero-order valence-corrected chi connectivity index (χ0v) is 16.3. The summed E-state index contributed by atoms with van der Waals surface area (Å²) in [4.78, 5) is 35.4. The van der Waals surface area contributed by atoms with Crippen LogP contribution in [0.1, 0.15) is 46.0 Å². The second kappa shape index (κ2) is 10.4. The first-order valence-corrected chi connectivity index (χ1v) is 9.34. The van der Waals surface area contributed by atoms with E-state index in [9.17, 15) is 14.4 Å². The van der Waals surface area contributed by atoms with Crippen molar-refractivity contribution < 1.29 is 14.3 Å². The Morgan fingerprint density at radius 3 is 2.46 bits per heavy atom. The van der Waals surface area contributed by atoms with Crippen LogP contribution < -0.4 is 16.6 Å². The summed E-state index contributed by atoms with van der Waals surface area (Å²) >= 11 is 0. The van der Waals surface area contributed by atoms with E-state index in [1.807, 2.05) is 37.3 Å². The average molecular weight is 385 g/mol. The van der Waals surface area contributed by atoms with Gasteiger partial charge in [0.05, 0.1) is 12.1 Å². The third-order valence-corrected chi connectivity index (χ3v) is 4.29. The van der Waals surface area contributed by atoms with Crippen LogP contribution in [0.3, 0.4) is 0 Å². The van der Waals surface area contributed by atoms with Crippen LogP contribution in [0, 0.1) is 5.92 Å². The normalized spacial score (nSPS) is 12.6. The van der Waals surface area contributed by atoms with Crippen LogP contribution in [-0.4, -0.2) is 36.6 Å². The van der Waals surface area contributed by atoms with Crippen molar-refractivity contribution >= 4 is 11.8 Å². The first-order valence-electron chi connectivity index (χ1n) is 9.34. The van der Waals surface area contributed by atoms with Crippen LogP contribution >= 0.6 is 0 Å². The molecule has 0 unspecified atom stereocenters. The lowest BCUT2D eigenvalue weighted by molar-refractivity contribution is 0.0961. The van der Waals surface area contributed by atoms with E-state index in [0.29, 0.717) is 0 Å². The molecule has 1 saturated carbocycles. The maximum atomic E-state index is 12.3. The lowest BCUT2D eigenvalue weighted by Gasteiger charge is -2.10. The van der Waals surface area contributed by atoms with Crippen molar-refractivity contribution in [3.05, 3.63) is 69.6 Å². The van der Waals surface area contributed by atoms with E-state index in [2.05, 4.69) is 5.32 Å². The Labute approximate surface area is 164 Å². The molecule has 150 valence electrons. The van der Waals surface area contributed by atoms with Gasteiger partial charge >= 0.3 is 0 Å². The van der Waals surface area contributed by atoms with Crippen LogP contribution in [0.5, 0.6) is 0 Å². The minimum absolute atomic E-state index is 0.107. The summed E-state index contributed by atoms with van der Waals surface area (Å²) in [7, 11) is 1.42. The second-order valence-corrected chi connectivity index (χ2v) is 6.61. The second-order valence-electron chi connectivity index (χ2n) is 6.61. The molecule has 1 aliphatic rings. The van der Waals surface area contributed by atoms with E-state index >= 15 is 0 Å². The molecule has 0 bridgehead atoms. The van der Waals surface area contributed by atoms with Crippen molar-refractivity contribution in [2.75, 3.05) is 20.3 Å². The van der Waals surface area contributed by atoms with Gasteiger partial charge in [0.25, 0.3) is 11.5 Å². The molecule has 0 saturated heterocycles. The minimum atomic E-state index is -0.693. The van der Waals surface area contributed by atoms with Gasteiger partial charge in [0, 0.05) is 26.5 Å². The quantitative estimate of drug-likeness (QED) is 0.758. The van der Waals surface area contributed by atoms with Crippen molar-refractivity contribution in [2.24, 2.45) is 11.7 Å². The van der Waals surface area contributed by atoms with Crippen molar-refractivity contribution in [2.45, 2.75) is 26.3 Å². The largest absolute Gasteiger partial charge is 0.381 e. The number of carbonyl (C=O) groups excluding carboxylic acids is 2. The lowest BCUT2D eigenvalue weighted by Crippen LogP contribution is -2.33. The predicted octanol–water partition coefficient (Wildman–Crippen LogP) is 1.79. The lowest BCUT2D eigenvalue weighted by atomic mass is 10.1. The van der Waals surface area contributed by atoms with Crippen molar-refractivity contribution in [1.82, 2.24) is 9.88 Å². The van der Waals surface area contributed by atoms with Gasteiger partial charge in [-0.2, -0.15) is 0 Å². The molecule has 3 rings (SSSR count). The predicted molar refractivity (Wildman–Crippen MR) is 107 cm³/mol. The fourth-order valence-electron chi connectivity index (χ4n) is 2.53. The van der Waals surface area contributed by atoms with E-state index < -0.39 is 17.4 Å². The molecular weight excluding hydrogens is 358 g/mol. The topological polar surface area (TPSA) is 103 Å².